The Balaban J connectivity index is 1.52. The highest BCUT2D eigenvalue weighted by Crippen LogP contribution is 2.32. The first kappa shape index (κ1) is 14.3. The van der Waals surface area contributed by atoms with Crippen molar-refractivity contribution in [1.29, 1.82) is 0 Å². The van der Waals surface area contributed by atoms with E-state index in [1.807, 2.05) is 4.90 Å². The van der Waals surface area contributed by atoms with E-state index in [9.17, 15) is 4.79 Å². The molecule has 0 aliphatic carbocycles. The molecule has 0 N–H and O–H groups in total. The molecule has 0 atom stereocenters. The molecule has 3 nitrogen and oxygen atoms in total. The first-order valence-corrected chi connectivity index (χ1v) is 8.46. The molecule has 2 aromatic rings. The summed E-state index contributed by atoms with van der Waals surface area (Å²) < 4.78 is 0. The van der Waals surface area contributed by atoms with Crippen molar-refractivity contribution in [3.05, 3.63) is 64.7 Å². The maximum absolute atomic E-state index is 12.1. The minimum Gasteiger partial charge on any atom is -0.363 e. The largest absolute Gasteiger partial charge is 0.363 e. The zero-order chi connectivity index (χ0) is 15.8. The molecule has 2 aromatic carbocycles. The van der Waals surface area contributed by atoms with Crippen molar-refractivity contribution < 1.29 is 4.79 Å². The molecule has 0 aromatic heterocycles. The molecule has 0 saturated heterocycles. The van der Waals surface area contributed by atoms with Gasteiger partial charge in [0.25, 0.3) is 0 Å². The first-order valence-electron chi connectivity index (χ1n) is 8.46. The van der Waals surface area contributed by atoms with Gasteiger partial charge in [-0.2, -0.15) is 0 Å². The van der Waals surface area contributed by atoms with E-state index in [2.05, 4.69) is 54.3 Å². The molecule has 0 fully saturated rings. The van der Waals surface area contributed by atoms with E-state index in [1.54, 1.807) is 0 Å². The third-order valence-electron chi connectivity index (χ3n) is 4.93. The normalized spacial score (nSPS) is 15.7. The van der Waals surface area contributed by atoms with Crippen molar-refractivity contribution in [2.24, 2.45) is 0 Å². The third-order valence-corrected chi connectivity index (χ3v) is 4.93. The van der Waals surface area contributed by atoms with Gasteiger partial charge in [-0.15, -0.1) is 0 Å². The lowest BCUT2D eigenvalue weighted by Crippen LogP contribution is -2.24. The third kappa shape index (κ3) is 2.61. The van der Waals surface area contributed by atoms with Crippen molar-refractivity contribution in [3.63, 3.8) is 0 Å². The zero-order valence-electron chi connectivity index (χ0n) is 13.6. The molecule has 0 radical (unpaired) electrons. The molecular weight excluding hydrogens is 284 g/mol. The van der Waals surface area contributed by atoms with Gasteiger partial charge in [0.1, 0.15) is 0 Å². The van der Waals surface area contributed by atoms with E-state index in [4.69, 9.17) is 0 Å². The maximum Gasteiger partial charge on any atom is 0.223 e. The Labute approximate surface area is 137 Å². The van der Waals surface area contributed by atoms with E-state index in [0.717, 1.165) is 32.6 Å². The maximum atomic E-state index is 12.1. The molecule has 2 aliphatic rings. The van der Waals surface area contributed by atoms with E-state index in [0.29, 0.717) is 6.42 Å². The van der Waals surface area contributed by atoms with Gasteiger partial charge in [0.15, 0.2) is 0 Å². The number of carbonyl (C=O) groups excluding carboxylic acids is 1. The number of anilines is 1. The van der Waals surface area contributed by atoms with Crippen molar-refractivity contribution in [2.75, 3.05) is 4.90 Å². The average Bonchev–Trinajstić information content (AvgIpc) is 3.18. The van der Waals surface area contributed by atoms with Crippen LogP contribution in [0.3, 0.4) is 0 Å². The highest BCUT2D eigenvalue weighted by molar-refractivity contribution is 5.77. The van der Waals surface area contributed by atoms with E-state index in [1.165, 1.54) is 27.9 Å². The van der Waals surface area contributed by atoms with Crippen LogP contribution in [0.2, 0.25) is 0 Å². The number of benzene rings is 2. The Morgan fingerprint density at radius 1 is 0.913 bits per heavy atom. The topological polar surface area (TPSA) is 23.6 Å². The number of rotatable bonds is 3. The minimum atomic E-state index is 0.277. The Hall–Kier alpha value is -2.29. The standard InChI is InChI=1S/C20H22N2O/c1-2-5-20(23)22-13-17-8-9-19(10-18(17)14-22)21-11-15-6-3-4-7-16(15)12-21/h3-4,6-10H,2,5,11-14H2,1H3. The molecule has 0 bridgehead atoms. The summed E-state index contributed by atoms with van der Waals surface area (Å²) in [6.45, 7) is 5.56. The Morgan fingerprint density at radius 2 is 1.57 bits per heavy atom. The summed E-state index contributed by atoms with van der Waals surface area (Å²) in [5.74, 6) is 0.277. The molecule has 3 heteroatoms. The first-order chi connectivity index (χ1) is 11.2. The van der Waals surface area contributed by atoms with Crippen LogP contribution in [0.1, 0.15) is 42.0 Å². The van der Waals surface area contributed by atoms with Gasteiger partial charge >= 0.3 is 0 Å². The average molecular weight is 306 g/mol. The van der Waals surface area contributed by atoms with Crippen LogP contribution in [0.15, 0.2) is 42.5 Å². The van der Waals surface area contributed by atoms with Gasteiger partial charge in [0, 0.05) is 38.3 Å². The molecule has 118 valence electrons. The van der Waals surface area contributed by atoms with Gasteiger partial charge in [-0.3, -0.25) is 4.79 Å². The van der Waals surface area contributed by atoms with Crippen LogP contribution < -0.4 is 4.90 Å². The number of fused-ring (bicyclic) bond motifs is 2. The summed E-state index contributed by atoms with van der Waals surface area (Å²) in [4.78, 5) is 16.5. The van der Waals surface area contributed by atoms with Gasteiger partial charge < -0.3 is 9.80 Å². The van der Waals surface area contributed by atoms with Gasteiger partial charge in [-0.1, -0.05) is 37.3 Å². The van der Waals surface area contributed by atoms with E-state index >= 15 is 0 Å². The Kier molecular flexibility index (Phi) is 3.56. The second-order valence-corrected chi connectivity index (χ2v) is 6.58. The monoisotopic (exact) mass is 306 g/mol. The molecule has 2 heterocycles. The molecule has 0 saturated carbocycles. The van der Waals surface area contributed by atoms with Crippen LogP contribution in [0.4, 0.5) is 5.69 Å². The quantitative estimate of drug-likeness (QED) is 0.860. The lowest BCUT2D eigenvalue weighted by Gasteiger charge is -2.18. The highest BCUT2D eigenvalue weighted by Gasteiger charge is 2.25. The van der Waals surface area contributed by atoms with Crippen molar-refractivity contribution in [2.45, 2.75) is 45.9 Å². The Bertz CT molecular complexity index is 728. The second kappa shape index (κ2) is 5.73. The summed E-state index contributed by atoms with van der Waals surface area (Å²) >= 11 is 0. The fraction of sp³-hybridized carbons (Fsp3) is 0.350. The summed E-state index contributed by atoms with van der Waals surface area (Å²) in [5.41, 5.74) is 6.73. The second-order valence-electron chi connectivity index (χ2n) is 6.58. The molecular formula is C20H22N2O. The van der Waals surface area contributed by atoms with Crippen LogP contribution in [0.25, 0.3) is 0 Å². The molecule has 23 heavy (non-hydrogen) atoms. The lowest BCUT2D eigenvalue weighted by atomic mass is 10.1. The molecule has 2 aliphatic heterocycles. The summed E-state index contributed by atoms with van der Waals surface area (Å²) in [5, 5.41) is 0. The predicted octanol–water partition coefficient (Wildman–Crippen LogP) is 3.85. The van der Waals surface area contributed by atoms with Crippen LogP contribution in [0.5, 0.6) is 0 Å². The highest BCUT2D eigenvalue weighted by atomic mass is 16.2. The van der Waals surface area contributed by atoms with Gasteiger partial charge in [-0.05, 0) is 40.8 Å². The van der Waals surface area contributed by atoms with Crippen LogP contribution in [-0.2, 0) is 31.0 Å². The summed E-state index contributed by atoms with van der Waals surface area (Å²) in [7, 11) is 0. The molecule has 0 spiro atoms. The smallest absolute Gasteiger partial charge is 0.223 e. The number of carbonyl (C=O) groups is 1. The van der Waals surface area contributed by atoms with Gasteiger partial charge in [0.2, 0.25) is 5.91 Å². The summed E-state index contributed by atoms with van der Waals surface area (Å²) in [6, 6.07) is 15.3. The van der Waals surface area contributed by atoms with Crippen molar-refractivity contribution >= 4 is 11.6 Å². The number of hydrogen-bond donors (Lipinski definition) is 0. The fourth-order valence-corrected chi connectivity index (χ4v) is 3.64. The summed E-state index contributed by atoms with van der Waals surface area (Å²) in [6.07, 6.45) is 1.57. The fourth-order valence-electron chi connectivity index (χ4n) is 3.64. The molecule has 0 unspecified atom stereocenters. The van der Waals surface area contributed by atoms with Crippen LogP contribution in [-0.4, -0.2) is 10.8 Å². The van der Waals surface area contributed by atoms with Crippen LogP contribution >= 0.6 is 0 Å². The van der Waals surface area contributed by atoms with Gasteiger partial charge in [-0.25, -0.2) is 0 Å². The van der Waals surface area contributed by atoms with Crippen LogP contribution in [0, 0.1) is 0 Å². The Morgan fingerprint density at radius 3 is 2.26 bits per heavy atom. The predicted molar refractivity (Wildman–Crippen MR) is 91.9 cm³/mol. The number of hydrogen-bond acceptors (Lipinski definition) is 2. The SMILES string of the molecule is CCCC(=O)N1Cc2ccc(N3Cc4ccccc4C3)cc2C1. The lowest BCUT2D eigenvalue weighted by molar-refractivity contribution is -0.131. The van der Waals surface area contributed by atoms with E-state index < -0.39 is 0 Å². The van der Waals surface area contributed by atoms with Crippen molar-refractivity contribution in [1.82, 2.24) is 4.90 Å². The van der Waals surface area contributed by atoms with Gasteiger partial charge in [0.05, 0.1) is 0 Å². The van der Waals surface area contributed by atoms with E-state index in [-0.39, 0.29) is 5.91 Å². The molecule has 1 amide bonds. The zero-order valence-corrected chi connectivity index (χ0v) is 13.6. The number of nitrogens with zero attached hydrogens (tertiary/aromatic N) is 2. The minimum absolute atomic E-state index is 0.277. The number of amides is 1. The van der Waals surface area contributed by atoms with Crippen molar-refractivity contribution in [3.8, 4) is 0 Å². The molecule has 4 rings (SSSR count).